The molecule has 0 saturated carbocycles. The summed E-state index contributed by atoms with van der Waals surface area (Å²) >= 11 is 3.45. The van der Waals surface area contributed by atoms with Crippen molar-refractivity contribution in [3.63, 3.8) is 0 Å². The average Bonchev–Trinajstić information content (AvgIpc) is 2.40. The van der Waals surface area contributed by atoms with Crippen LogP contribution in [0.3, 0.4) is 0 Å². The van der Waals surface area contributed by atoms with Crippen LogP contribution in [0.1, 0.15) is 22.9 Å². The first-order valence-corrected chi connectivity index (χ1v) is 6.29. The number of ether oxygens (including phenoxy) is 1. The first-order valence-electron chi connectivity index (χ1n) is 5.50. The van der Waals surface area contributed by atoms with Gasteiger partial charge in [0.25, 0.3) is 0 Å². The Labute approximate surface area is 114 Å². The lowest BCUT2D eigenvalue weighted by atomic mass is 9.99. The minimum absolute atomic E-state index is 0.355. The van der Waals surface area contributed by atoms with E-state index in [9.17, 15) is 0 Å². The number of rotatable bonds is 3. The molecule has 1 unspecified atom stereocenters. The molecule has 1 aromatic heterocycles. The van der Waals surface area contributed by atoms with Crippen molar-refractivity contribution in [2.75, 3.05) is 7.11 Å². The van der Waals surface area contributed by atoms with Gasteiger partial charge in [0.2, 0.25) is 5.88 Å². The molecule has 18 heavy (non-hydrogen) atoms. The molecule has 2 N–H and O–H groups in total. The highest BCUT2D eigenvalue weighted by Crippen LogP contribution is 2.28. The number of halogens is 1. The van der Waals surface area contributed by atoms with Gasteiger partial charge in [0.05, 0.1) is 13.2 Å². The Kier molecular flexibility index (Phi) is 3.93. The zero-order chi connectivity index (χ0) is 13.1. The number of nitrogens with two attached hydrogens (primary N) is 1. The van der Waals surface area contributed by atoms with Crippen LogP contribution in [0.15, 0.2) is 35.1 Å². The van der Waals surface area contributed by atoms with Crippen LogP contribution in [0.5, 0.6) is 5.88 Å². The summed E-state index contributed by atoms with van der Waals surface area (Å²) in [5.41, 5.74) is 9.01. The van der Waals surface area contributed by atoms with Gasteiger partial charge in [-0.3, -0.25) is 4.98 Å². The molecule has 4 nitrogen and oxygen atoms in total. The molecule has 0 fully saturated rings. The molecule has 0 radical (unpaired) electrons. The number of aromatic nitrogens is 2. The second kappa shape index (κ2) is 5.46. The molecule has 2 aromatic rings. The van der Waals surface area contributed by atoms with E-state index >= 15 is 0 Å². The summed E-state index contributed by atoms with van der Waals surface area (Å²) in [6.07, 6.45) is 3.20. The van der Waals surface area contributed by atoms with Crippen LogP contribution in [0.4, 0.5) is 0 Å². The van der Waals surface area contributed by atoms with Crippen molar-refractivity contribution >= 4 is 15.9 Å². The maximum absolute atomic E-state index is 6.26. The van der Waals surface area contributed by atoms with Crippen LogP contribution >= 0.6 is 15.9 Å². The highest BCUT2D eigenvalue weighted by atomic mass is 79.9. The maximum atomic E-state index is 6.26. The molecule has 0 aliphatic carbocycles. The minimum atomic E-state index is -0.355. The summed E-state index contributed by atoms with van der Waals surface area (Å²) in [5, 5.41) is 0. The molecule has 0 aliphatic rings. The van der Waals surface area contributed by atoms with E-state index in [0.717, 1.165) is 15.6 Å². The van der Waals surface area contributed by atoms with Crippen LogP contribution in [-0.4, -0.2) is 17.1 Å². The Morgan fingerprint density at radius 2 is 2.00 bits per heavy atom. The molecule has 0 spiro atoms. The normalized spacial score (nSPS) is 12.2. The molecule has 1 atom stereocenters. The average molecular weight is 308 g/mol. The van der Waals surface area contributed by atoms with E-state index in [1.807, 2.05) is 25.1 Å². The van der Waals surface area contributed by atoms with Gasteiger partial charge in [-0.2, -0.15) is 0 Å². The summed E-state index contributed by atoms with van der Waals surface area (Å²) in [4.78, 5) is 8.39. The second-order valence-corrected chi connectivity index (χ2v) is 4.85. The fourth-order valence-electron chi connectivity index (χ4n) is 1.80. The van der Waals surface area contributed by atoms with Gasteiger partial charge in [0, 0.05) is 16.9 Å². The van der Waals surface area contributed by atoms with Crippen LogP contribution in [0, 0.1) is 6.92 Å². The molecule has 2 rings (SSSR count). The van der Waals surface area contributed by atoms with Crippen LogP contribution in [-0.2, 0) is 0 Å². The highest BCUT2D eigenvalue weighted by Gasteiger charge is 2.18. The third-order valence-electron chi connectivity index (χ3n) is 2.76. The minimum Gasteiger partial charge on any atom is -0.480 e. The number of hydrogen-bond donors (Lipinski definition) is 1. The van der Waals surface area contributed by atoms with Crippen molar-refractivity contribution < 1.29 is 4.74 Å². The van der Waals surface area contributed by atoms with Gasteiger partial charge < -0.3 is 10.5 Å². The Morgan fingerprint density at radius 3 is 2.72 bits per heavy atom. The molecule has 5 heteroatoms. The van der Waals surface area contributed by atoms with Crippen LogP contribution < -0.4 is 10.5 Å². The van der Waals surface area contributed by atoms with Gasteiger partial charge in [0.15, 0.2) is 0 Å². The quantitative estimate of drug-likeness (QED) is 0.947. The standard InChI is InChI=1S/C13H14BrN3O/c1-8-3-4-9(14)7-10(8)11(15)12-13(18-2)17-6-5-16-12/h3-7,11H,15H2,1-2H3. The molecular formula is C13H14BrN3O. The summed E-state index contributed by atoms with van der Waals surface area (Å²) < 4.78 is 6.18. The molecule has 0 bridgehead atoms. The van der Waals surface area contributed by atoms with E-state index in [1.54, 1.807) is 19.5 Å². The van der Waals surface area contributed by atoms with E-state index in [-0.39, 0.29) is 6.04 Å². The van der Waals surface area contributed by atoms with Crippen molar-refractivity contribution in [1.29, 1.82) is 0 Å². The fourth-order valence-corrected chi connectivity index (χ4v) is 2.18. The van der Waals surface area contributed by atoms with Gasteiger partial charge in [-0.1, -0.05) is 22.0 Å². The molecule has 0 aliphatic heterocycles. The Balaban J connectivity index is 2.47. The van der Waals surface area contributed by atoms with E-state index in [0.29, 0.717) is 11.6 Å². The van der Waals surface area contributed by atoms with Crippen LogP contribution in [0.25, 0.3) is 0 Å². The number of nitrogens with zero attached hydrogens (tertiary/aromatic N) is 2. The monoisotopic (exact) mass is 307 g/mol. The predicted octanol–water partition coefficient (Wildman–Crippen LogP) is 2.60. The van der Waals surface area contributed by atoms with E-state index < -0.39 is 0 Å². The Morgan fingerprint density at radius 1 is 1.28 bits per heavy atom. The molecule has 1 aromatic carbocycles. The Bertz CT molecular complexity index is 560. The lowest BCUT2D eigenvalue weighted by Crippen LogP contribution is -2.16. The van der Waals surface area contributed by atoms with Crippen molar-refractivity contribution in [2.45, 2.75) is 13.0 Å². The summed E-state index contributed by atoms with van der Waals surface area (Å²) in [5.74, 6) is 0.462. The summed E-state index contributed by atoms with van der Waals surface area (Å²) in [6.45, 7) is 2.02. The van der Waals surface area contributed by atoms with Crippen molar-refractivity contribution in [3.05, 3.63) is 51.9 Å². The summed E-state index contributed by atoms with van der Waals surface area (Å²) in [7, 11) is 1.56. The smallest absolute Gasteiger partial charge is 0.237 e. The molecule has 0 saturated heterocycles. The van der Waals surface area contributed by atoms with Gasteiger partial charge in [-0.05, 0) is 30.2 Å². The zero-order valence-electron chi connectivity index (χ0n) is 10.2. The lowest BCUT2D eigenvalue weighted by Gasteiger charge is -2.16. The largest absolute Gasteiger partial charge is 0.480 e. The third kappa shape index (κ3) is 2.52. The molecule has 1 heterocycles. The Hall–Kier alpha value is -1.46. The van der Waals surface area contributed by atoms with Gasteiger partial charge in [-0.25, -0.2) is 4.98 Å². The first-order chi connectivity index (χ1) is 8.63. The number of hydrogen-bond acceptors (Lipinski definition) is 4. The van der Waals surface area contributed by atoms with Crippen molar-refractivity contribution in [3.8, 4) is 5.88 Å². The number of benzene rings is 1. The lowest BCUT2D eigenvalue weighted by molar-refractivity contribution is 0.387. The molecule has 94 valence electrons. The maximum Gasteiger partial charge on any atom is 0.237 e. The van der Waals surface area contributed by atoms with E-state index in [1.165, 1.54) is 0 Å². The SMILES string of the molecule is COc1nccnc1C(N)c1cc(Br)ccc1C. The fraction of sp³-hybridized carbons (Fsp3) is 0.231. The van der Waals surface area contributed by atoms with Crippen molar-refractivity contribution in [1.82, 2.24) is 9.97 Å². The van der Waals surface area contributed by atoms with E-state index in [2.05, 4.69) is 25.9 Å². The molecule has 0 amide bonds. The number of methoxy groups -OCH3 is 1. The topological polar surface area (TPSA) is 61.0 Å². The van der Waals surface area contributed by atoms with E-state index in [4.69, 9.17) is 10.5 Å². The molecular weight excluding hydrogens is 294 g/mol. The van der Waals surface area contributed by atoms with Gasteiger partial charge in [0.1, 0.15) is 5.69 Å². The predicted molar refractivity (Wildman–Crippen MR) is 73.5 cm³/mol. The summed E-state index contributed by atoms with van der Waals surface area (Å²) in [6, 6.07) is 5.64. The first kappa shape index (κ1) is 13.0. The van der Waals surface area contributed by atoms with Gasteiger partial charge >= 0.3 is 0 Å². The van der Waals surface area contributed by atoms with Gasteiger partial charge in [-0.15, -0.1) is 0 Å². The second-order valence-electron chi connectivity index (χ2n) is 3.93. The number of aryl methyl sites for hydroxylation is 1. The highest BCUT2D eigenvalue weighted by molar-refractivity contribution is 9.10. The van der Waals surface area contributed by atoms with Crippen LogP contribution in [0.2, 0.25) is 0 Å². The zero-order valence-corrected chi connectivity index (χ0v) is 11.8. The third-order valence-corrected chi connectivity index (χ3v) is 3.25. The van der Waals surface area contributed by atoms with Crippen molar-refractivity contribution in [2.24, 2.45) is 5.73 Å².